The molecule has 0 heterocycles. The fraction of sp³-hybridized carbons (Fsp3) is 0.143. The molecule has 0 spiro atoms. The topological polar surface area (TPSA) is 55.2 Å². The average molecular weight is 296 g/mol. The van der Waals surface area contributed by atoms with E-state index in [1.54, 1.807) is 18.2 Å². The lowest BCUT2D eigenvalue weighted by Crippen LogP contribution is -2.06. The minimum atomic E-state index is -4.37. The minimum absolute atomic E-state index is 0.0792. The Balaban J connectivity index is 2.09. The molecule has 0 aromatic heterocycles. The molecule has 2 rings (SSSR count). The molecule has 0 saturated carbocycles. The predicted molar refractivity (Wildman–Crippen MR) is 71.9 cm³/mol. The Hall–Kier alpha value is -2.57. The number of hydrogen-bond acceptors (Lipinski definition) is 3. The number of rotatable bonds is 4. The van der Waals surface area contributed by atoms with Gasteiger partial charge in [0, 0.05) is 12.6 Å². The van der Waals surface area contributed by atoms with Crippen LogP contribution in [0.25, 0.3) is 0 Å². The van der Waals surface area contributed by atoms with Crippen molar-refractivity contribution >= 4 is 11.4 Å². The first kappa shape index (κ1) is 14.8. The van der Waals surface area contributed by atoms with Crippen LogP contribution in [0.4, 0.5) is 24.5 Å². The molecule has 2 aromatic rings. The normalized spacial score (nSPS) is 11.2. The molecule has 0 unspecified atom stereocenters. The van der Waals surface area contributed by atoms with Gasteiger partial charge in [-0.1, -0.05) is 24.3 Å². The summed E-state index contributed by atoms with van der Waals surface area (Å²) in [5.41, 5.74) is 0.116. The summed E-state index contributed by atoms with van der Waals surface area (Å²) in [7, 11) is 0. The van der Waals surface area contributed by atoms with Gasteiger partial charge in [-0.05, 0) is 23.8 Å². The van der Waals surface area contributed by atoms with E-state index in [9.17, 15) is 23.3 Å². The second-order valence-corrected chi connectivity index (χ2v) is 4.32. The lowest BCUT2D eigenvalue weighted by Gasteiger charge is -2.09. The van der Waals surface area contributed by atoms with Crippen LogP contribution in [0, 0.1) is 10.1 Å². The highest BCUT2D eigenvalue weighted by molar-refractivity contribution is 5.61. The van der Waals surface area contributed by atoms with Crippen LogP contribution in [0.3, 0.4) is 0 Å². The van der Waals surface area contributed by atoms with Crippen LogP contribution in [-0.4, -0.2) is 4.92 Å². The maximum atomic E-state index is 12.4. The summed E-state index contributed by atoms with van der Waals surface area (Å²) in [6, 6.07) is 10.7. The third-order valence-electron chi connectivity index (χ3n) is 2.86. The van der Waals surface area contributed by atoms with Gasteiger partial charge in [-0.15, -0.1) is 0 Å². The zero-order valence-corrected chi connectivity index (χ0v) is 10.7. The Bertz CT molecular complexity index is 639. The summed E-state index contributed by atoms with van der Waals surface area (Å²) < 4.78 is 37.3. The Morgan fingerprint density at radius 1 is 1.05 bits per heavy atom. The zero-order valence-electron chi connectivity index (χ0n) is 10.7. The number of anilines is 1. The fourth-order valence-corrected chi connectivity index (χ4v) is 1.79. The first-order valence-corrected chi connectivity index (χ1v) is 6.01. The van der Waals surface area contributed by atoms with Crippen LogP contribution in [0.1, 0.15) is 11.1 Å². The van der Waals surface area contributed by atoms with Gasteiger partial charge in [-0.2, -0.15) is 13.2 Å². The maximum absolute atomic E-state index is 12.4. The molecule has 0 saturated heterocycles. The monoisotopic (exact) mass is 296 g/mol. The van der Waals surface area contributed by atoms with E-state index in [-0.39, 0.29) is 12.2 Å². The molecule has 4 nitrogen and oxygen atoms in total. The van der Waals surface area contributed by atoms with E-state index in [4.69, 9.17) is 0 Å². The Morgan fingerprint density at radius 2 is 1.67 bits per heavy atom. The molecule has 0 radical (unpaired) electrons. The molecule has 2 aromatic carbocycles. The zero-order chi connectivity index (χ0) is 15.5. The van der Waals surface area contributed by atoms with Crippen molar-refractivity contribution in [2.24, 2.45) is 0 Å². The Labute approximate surface area is 118 Å². The van der Waals surface area contributed by atoms with Gasteiger partial charge in [-0.25, -0.2) is 0 Å². The van der Waals surface area contributed by atoms with Gasteiger partial charge in [0.05, 0.1) is 10.5 Å². The molecule has 0 fully saturated rings. The van der Waals surface area contributed by atoms with Crippen LogP contribution in [0.2, 0.25) is 0 Å². The van der Waals surface area contributed by atoms with Gasteiger partial charge < -0.3 is 5.32 Å². The van der Waals surface area contributed by atoms with Gasteiger partial charge in [0.1, 0.15) is 5.69 Å². The van der Waals surface area contributed by atoms with E-state index in [1.165, 1.54) is 18.2 Å². The smallest absolute Gasteiger partial charge is 0.375 e. The lowest BCUT2D eigenvalue weighted by atomic mass is 10.1. The highest BCUT2D eigenvalue weighted by Gasteiger charge is 2.29. The maximum Gasteiger partial charge on any atom is 0.416 e. The number of nitro benzene ring substituents is 1. The van der Waals surface area contributed by atoms with E-state index >= 15 is 0 Å². The third-order valence-corrected chi connectivity index (χ3v) is 2.86. The number of benzene rings is 2. The number of hydrogen-bond donors (Lipinski definition) is 1. The predicted octanol–water partition coefficient (Wildman–Crippen LogP) is 4.23. The molecule has 0 bridgehead atoms. The summed E-state index contributed by atoms with van der Waals surface area (Å²) >= 11 is 0. The quantitative estimate of drug-likeness (QED) is 0.678. The molecular weight excluding hydrogens is 285 g/mol. The van der Waals surface area contributed by atoms with Crippen LogP contribution in [0.5, 0.6) is 0 Å². The van der Waals surface area contributed by atoms with Crippen molar-refractivity contribution in [1.29, 1.82) is 0 Å². The molecule has 0 atom stereocenters. The number of halogens is 3. The van der Waals surface area contributed by atoms with Crippen LogP contribution in [0.15, 0.2) is 48.5 Å². The first-order valence-electron chi connectivity index (χ1n) is 6.01. The second kappa shape index (κ2) is 5.82. The van der Waals surface area contributed by atoms with Gasteiger partial charge in [0.25, 0.3) is 5.69 Å². The number of para-hydroxylation sites is 2. The standard InChI is InChI=1S/C14H11F3N2O2/c15-14(16,17)11-7-5-10(6-8-11)9-18-12-3-1-2-4-13(12)19(20)21/h1-8,18H,9H2. The van der Waals surface area contributed by atoms with Crippen molar-refractivity contribution in [1.82, 2.24) is 0 Å². The summed E-state index contributed by atoms with van der Waals surface area (Å²) in [6.45, 7) is 0.197. The summed E-state index contributed by atoms with van der Waals surface area (Å²) in [6.07, 6.45) is -4.37. The molecule has 110 valence electrons. The molecule has 0 amide bonds. The number of nitrogens with zero attached hydrogens (tertiary/aromatic N) is 1. The molecule has 1 N–H and O–H groups in total. The number of alkyl halides is 3. The molecule has 0 aliphatic carbocycles. The van der Waals surface area contributed by atoms with E-state index in [0.717, 1.165) is 12.1 Å². The van der Waals surface area contributed by atoms with E-state index in [1.807, 2.05) is 0 Å². The molecular formula is C14H11F3N2O2. The van der Waals surface area contributed by atoms with Crippen LogP contribution < -0.4 is 5.32 Å². The second-order valence-electron chi connectivity index (χ2n) is 4.32. The summed E-state index contributed by atoms with van der Waals surface area (Å²) in [5.74, 6) is 0. The lowest BCUT2D eigenvalue weighted by molar-refractivity contribution is -0.384. The number of nitro groups is 1. The highest BCUT2D eigenvalue weighted by atomic mass is 19.4. The van der Waals surface area contributed by atoms with Gasteiger partial charge in [-0.3, -0.25) is 10.1 Å². The number of nitrogens with one attached hydrogen (secondary N) is 1. The molecule has 7 heteroatoms. The van der Waals surface area contributed by atoms with Gasteiger partial charge >= 0.3 is 6.18 Å². The van der Waals surface area contributed by atoms with Crippen molar-refractivity contribution in [2.45, 2.75) is 12.7 Å². The van der Waals surface area contributed by atoms with Crippen molar-refractivity contribution in [3.8, 4) is 0 Å². The molecule has 0 aliphatic rings. The van der Waals surface area contributed by atoms with E-state index in [2.05, 4.69) is 5.32 Å². The molecule has 0 aliphatic heterocycles. The third kappa shape index (κ3) is 3.71. The van der Waals surface area contributed by atoms with Crippen molar-refractivity contribution in [3.05, 3.63) is 69.8 Å². The largest absolute Gasteiger partial charge is 0.416 e. The van der Waals surface area contributed by atoms with E-state index in [0.29, 0.717) is 11.3 Å². The van der Waals surface area contributed by atoms with Gasteiger partial charge in [0.2, 0.25) is 0 Å². The highest BCUT2D eigenvalue weighted by Crippen LogP contribution is 2.29. The summed E-state index contributed by atoms with van der Waals surface area (Å²) in [4.78, 5) is 10.3. The van der Waals surface area contributed by atoms with Gasteiger partial charge in [0.15, 0.2) is 0 Å². The summed E-state index contributed by atoms with van der Waals surface area (Å²) in [5, 5.41) is 13.7. The van der Waals surface area contributed by atoms with Crippen molar-refractivity contribution in [2.75, 3.05) is 5.32 Å². The minimum Gasteiger partial charge on any atom is -0.375 e. The first-order chi connectivity index (χ1) is 9.88. The SMILES string of the molecule is O=[N+]([O-])c1ccccc1NCc1ccc(C(F)(F)F)cc1. The Morgan fingerprint density at radius 3 is 2.24 bits per heavy atom. The van der Waals surface area contributed by atoms with Crippen LogP contribution in [-0.2, 0) is 12.7 Å². The molecule has 21 heavy (non-hydrogen) atoms. The Kier molecular flexibility index (Phi) is 4.11. The van der Waals surface area contributed by atoms with Crippen molar-refractivity contribution in [3.63, 3.8) is 0 Å². The van der Waals surface area contributed by atoms with Crippen molar-refractivity contribution < 1.29 is 18.1 Å². The average Bonchev–Trinajstić information content (AvgIpc) is 2.45. The van der Waals surface area contributed by atoms with Crippen LogP contribution >= 0.6 is 0 Å². The van der Waals surface area contributed by atoms with E-state index < -0.39 is 16.7 Å². The fourth-order valence-electron chi connectivity index (χ4n) is 1.79.